The lowest BCUT2D eigenvalue weighted by atomic mass is 10.1. The Balaban J connectivity index is 1.82. The Hall–Kier alpha value is -1.72. The van der Waals surface area contributed by atoms with E-state index in [-0.39, 0.29) is 6.10 Å². The van der Waals surface area contributed by atoms with Gasteiger partial charge in [0.25, 0.3) is 0 Å². The Bertz CT molecular complexity index is 576. The van der Waals surface area contributed by atoms with Crippen molar-refractivity contribution >= 4 is 0 Å². The Kier molecular flexibility index (Phi) is 3.80. The van der Waals surface area contributed by atoms with Gasteiger partial charge in [0.2, 0.25) is 0 Å². The molecule has 0 saturated heterocycles. The summed E-state index contributed by atoms with van der Waals surface area (Å²) in [5.41, 5.74) is 7.77. The normalized spacial score (nSPS) is 18.0. The van der Waals surface area contributed by atoms with Gasteiger partial charge in [-0.3, -0.25) is 0 Å². The lowest BCUT2D eigenvalue weighted by Gasteiger charge is -2.21. The second-order valence-corrected chi connectivity index (χ2v) is 5.05. The Morgan fingerprint density at radius 3 is 2.85 bits per heavy atom. The number of fused-ring (bicyclic) bond motifs is 1. The van der Waals surface area contributed by atoms with Crippen LogP contribution in [0.25, 0.3) is 11.4 Å². The summed E-state index contributed by atoms with van der Waals surface area (Å²) in [6.07, 6.45) is 2.14. The quantitative estimate of drug-likeness (QED) is 0.921. The number of benzene rings is 1. The molecule has 5 nitrogen and oxygen atoms in total. The molecule has 20 heavy (non-hydrogen) atoms. The number of nitrogens with two attached hydrogens (primary N) is 1. The van der Waals surface area contributed by atoms with Crippen molar-refractivity contribution in [3.05, 3.63) is 35.7 Å². The number of nitrogens with zero attached hydrogens (tertiary/aromatic N) is 3. The smallest absolute Gasteiger partial charge is 0.181 e. The number of aryl methyl sites for hydroxylation is 1. The first kappa shape index (κ1) is 13.3. The van der Waals surface area contributed by atoms with Crippen molar-refractivity contribution in [2.75, 3.05) is 6.61 Å². The summed E-state index contributed by atoms with van der Waals surface area (Å²) in [7, 11) is 0. The van der Waals surface area contributed by atoms with Crippen LogP contribution in [-0.2, 0) is 24.2 Å². The monoisotopic (exact) mass is 272 g/mol. The first-order valence-corrected chi connectivity index (χ1v) is 7.15. The molecule has 0 spiro atoms. The van der Waals surface area contributed by atoms with Gasteiger partial charge in [0.15, 0.2) is 5.82 Å². The highest BCUT2D eigenvalue weighted by molar-refractivity contribution is 5.55. The van der Waals surface area contributed by atoms with Crippen LogP contribution in [0.5, 0.6) is 0 Å². The maximum Gasteiger partial charge on any atom is 0.181 e. The zero-order chi connectivity index (χ0) is 13.9. The molecular weight excluding hydrogens is 252 g/mol. The number of rotatable bonds is 4. The number of hydrogen-bond donors (Lipinski definition) is 1. The molecule has 0 fully saturated rings. The Labute approximate surface area is 118 Å². The largest absolute Gasteiger partial charge is 0.378 e. The standard InChI is InChI=1S/C15H20N4O/c1-2-20-13-7-8-19-14(9-13)17-15(18-19)12-5-3-11(10-16)4-6-12/h3-6,13H,2,7-10,16H2,1H3. The molecule has 2 aromatic rings. The van der Waals surface area contributed by atoms with Gasteiger partial charge in [-0.25, -0.2) is 9.67 Å². The molecule has 0 bridgehead atoms. The van der Waals surface area contributed by atoms with Gasteiger partial charge in [0, 0.05) is 31.7 Å². The van der Waals surface area contributed by atoms with Crippen molar-refractivity contribution in [2.24, 2.45) is 5.73 Å². The molecule has 0 radical (unpaired) electrons. The van der Waals surface area contributed by atoms with Gasteiger partial charge in [-0.2, -0.15) is 5.10 Å². The van der Waals surface area contributed by atoms with E-state index < -0.39 is 0 Å². The van der Waals surface area contributed by atoms with Crippen LogP contribution in [0.4, 0.5) is 0 Å². The molecule has 2 N–H and O–H groups in total. The fourth-order valence-corrected chi connectivity index (χ4v) is 2.57. The van der Waals surface area contributed by atoms with Gasteiger partial charge >= 0.3 is 0 Å². The topological polar surface area (TPSA) is 66.0 Å². The van der Waals surface area contributed by atoms with Gasteiger partial charge in [0.1, 0.15) is 5.82 Å². The number of aromatic nitrogens is 3. The highest BCUT2D eigenvalue weighted by Gasteiger charge is 2.22. The predicted octanol–water partition coefficient (Wildman–Crippen LogP) is 1.76. The number of ether oxygens (including phenoxy) is 1. The average Bonchev–Trinajstić information content (AvgIpc) is 2.91. The third-order valence-corrected chi connectivity index (χ3v) is 3.67. The minimum atomic E-state index is 0.282. The van der Waals surface area contributed by atoms with E-state index in [1.54, 1.807) is 0 Å². The molecule has 3 rings (SSSR count). The van der Waals surface area contributed by atoms with Crippen molar-refractivity contribution < 1.29 is 4.74 Å². The predicted molar refractivity (Wildman–Crippen MR) is 77.1 cm³/mol. The molecule has 106 valence electrons. The third kappa shape index (κ3) is 2.59. The summed E-state index contributed by atoms with van der Waals surface area (Å²) in [6, 6.07) is 8.11. The van der Waals surface area contributed by atoms with Gasteiger partial charge in [-0.1, -0.05) is 24.3 Å². The van der Waals surface area contributed by atoms with E-state index in [1.165, 1.54) is 0 Å². The van der Waals surface area contributed by atoms with Crippen LogP contribution < -0.4 is 5.73 Å². The lowest BCUT2D eigenvalue weighted by Crippen LogP contribution is -2.26. The van der Waals surface area contributed by atoms with E-state index >= 15 is 0 Å². The van der Waals surface area contributed by atoms with Crippen LogP contribution in [-0.4, -0.2) is 27.5 Å². The van der Waals surface area contributed by atoms with E-state index in [2.05, 4.69) is 10.1 Å². The molecule has 1 aliphatic heterocycles. The highest BCUT2D eigenvalue weighted by atomic mass is 16.5. The summed E-state index contributed by atoms with van der Waals surface area (Å²) in [6.45, 7) is 4.23. The van der Waals surface area contributed by atoms with Gasteiger partial charge in [0.05, 0.1) is 6.10 Å². The van der Waals surface area contributed by atoms with Crippen molar-refractivity contribution in [2.45, 2.75) is 39.0 Å². The van der Waals surface area contributed by atoms with Crippen molar-refractivity contribution in [1.29, 1.82) is 0 Å². The molecule has 1 aliphatic rings. The molecule has 0 aliphatic carbocycles. The van der Waals surface area contributed by atoms with Crippen molar-refractivity contribution in [3.8, 4) is 11.4 Å². The molecule has 1 atom stereocenters. The van der Waals surface area contributed by atoms with Crippen LogP contribution in [0, 0.1) is 0 Å². The summed E-state index contributed by atoms with van der Waals surface area (Å²) in [5, 5.41) is 4.59. The molecule has 1 aromatic heterocycles. The zero-order valence-electron chi connectivity index (χ0n) is 11.7. The minimum Gasteiger partial charge on any atom is -0.378 e. The summed E-state index contributed by atoms with van der Waals surface area (Å²) < 4.78 is 7.69. The van der Waals surface area contributed by atoms with Gasteiger partial charge in [-0.05, 0) is 18.9 Å². The first-order chi connectivity index (χ1) is 9.80. The third-order valence-electron chi connectivity index (χ3n) is 3.67. The van der Waals surface area contributed by atoms with Crippen LogP contribution in [0.3, 0.4) is 0 Å². The summed E-state index contributed by atoms with van der Waals surface area (Å²) >= 11 is 0. The van der Waals surface area contributed by atoms with Gasteiger partial charge in [-0.15, -0.1) is 0 Å². The fraction of sp³-hybridized carbons (Fsp3) is 0.467. The number of hydrogen-bond acceptors (Lipinski definition) is 4. The summed E-state index contributed by atoms with van der Waals surface area (Å²) in [5.74, 6) is 1.81. The molecule has 1 aromatic carbocycles. The van der Waals surface area contributed by atoms with E-state index in [4.69, 9.17) is 10.5 Å². The molecular formula is C15H20N4O. The van der Waals surface area contributed by atoms with Crippen LogP contribution in [0.15, 0.2) is 24.3 Å². The van der Waals surface area contributed by atoms with Crippen molar-refractivity contribution in [3.63, 3.8) is 0 Å². The molecule has 5 heteroatoms. The van der Waals surface area contributed by atoms with E-state index in [0.717, 1.165) is 48.8 Å². The zero-order valence-corrected chi connectivity index (χ0v) is 11.7. The maximum absolute atomic E-state index is 5.69. The second kappa shape index (κ2) is 5.73. The SMILES string of the molecule is CCOC1CCn2nc(-c3ccc(CN)cc3)nc2C1. The second-order valence-electron chi connectivity index (χ2n) is 5.05. The van der Waals surface area contributed by atoms with Gasteiger partial charge < -0.3 is 10.5 Å². The molecule has 1 unspecified atom stereocenters. The molecule has 0 saturated carbocycles. The van der Waals surface area contributed by atoms with E-state index in [9.17, 15) is 0 Å². The molecule has 0 amide bonds. The molecule has 2 heterocycles. The highest BCUT2D eigenvalue weighted by Crippen LogP contribution is 2.21. The Morgan fingerprint density at radius 2 is 2.15 bits per heavy atom. The van der Waals surface area contributed by atoms with Crippen LogP contribution in [0.1, 0.15) is 24.7 Å². The minimum absolute atomic E-state index is 0.282. The van der Waals surface area contributed by atoms with Crippen LogP contribution >= 0.6 is 0 Å². The van der Waals surface area contributed by atoms with E-state index in [0.29, 0.717) is 6.54 Å². The average molecular weight is 272 g/mol. The van der Waals surface area contributed by atoms with Crippen LogP contribution in [0.2, 0.25) is 0 Å². The Morgan fingerprint density at radius 1 is 1.35 bits per heavy atom. The lowest BCUT2D eigenvalue weighted by molar-refractivity contribution is 0.0426. The van der Waals surface area contributed by atoms with Crippen molar-refractivity contribution in [1.82, 2.24) is 14.8 Å². The van der Waals surface area contributed by atoms with E-state index in [1.807, 2.05) is 35.9 Å². The fourth-order valence-electron chi connectivity index (χ4n) is 2.57. The first-order valence-electron chi connectivity index (χ1n) is 7.15. The maximum atomic E-state index is 5.69. The summed E-state index contributed by atoms with van der Waals surface area (Å²) in [4.78, 5) is 4.65.